The highest BCUT2D eigenvalue weighted by Gasteiger charge is 2.26. The van der Waals surface area contributed by atoms with Crippen LogP contribution < -0.4 is 11.1 Å². The van der Waals surface area contributed by atoms with E-state index in [-0.39, 0.29) is 23.7 Å². The van der Waals surface area contributed by atoms with E-state index < -0.39 is 0 Å². The largest absolute Gasteiger partial charge is 0.372 e. The van der Waals surface area contributed by atoms with Gasteiger partial charge in [0.2, 0.25) is 0 Å². The predicted molar refractivity (Wildman–Crippen MR) is 101 cm³/mol. The van der Waals surface area contributed by atoms with Gasteiger partial charge < -0.3 is 20.7 Å². The molecule has 1 heterocycles. The minimum Gasteiger partial charge on any atom is -0.372 e. The van der Waals surface area contributed by atoms with Crippen LogP contribution in [0.15, 0.2) is 29.3 Å². The Hall–Kier alpha value is -2.08. The van der Waals surface area contributed by atoms with E-state index in [9.17, 15) is 4.79 Å². The number of morpholine rings is 1. The molecule has 0 saturated carbocycles. The summed E-state index contributed by atoms with van der Waals surface area (Å²) < 4.78 is 5.68. The molecule has 2 atom stereocenters. The topological polar surface area (TPSA) is 80.0 Å². The Morgan fingerprint density at radius 2 is 1.80 bits per heavy atom. The number of aliphatic imine (C=N–C) groups is 1. The molecule has 1 aliphatic rings. The summed E-state index contributed by atoms with van der Waals surface area (Å²) in [7, 11) is 0. The zero-order chi connectivity index (χ0) is 18.6. The zero-order valence-corrected chi connectivity index (χ0v) is 15.9. The Bertz CT molecular complexity index is 609. The zero-order valence-electron chi connectivity index (χ0n) is 15.9. The van der Waals surface area contributed by atoms with E-state index in [1.165, 1.54) is 0 Å². The van der Waals surface area contributed by atoms with Gasteiger partial charge in [0, 0.05) is 24.2 Å². The van der Waals surface area contributed by atoms with Crippen molar-refractivity contribution in [3.05, 3.63) is 35.4 Å². The number of nitrogens with one attached hydrogen (secondary N) is 1. The van der Waals surface area contributed by atoms with Gasteiger partial charge in [-0.2, -0.15) is 0 Å². The molecule has 0 bridgehead atoms. The van der Waals surface area contributed by atoms with E-state index in [0.717, 1.165) is 5.56 Å². The molecule has 6 heteroatoms. The van der Waals surface area contributed by atoms with Crippen molar-refractivity contribution in [2.24, 2.45) is 10.7 Å². The van der Waals surface area contributed by atoms with Gasteiger partial charge in [-0.25, -0.2) is 4.99 Å². The van der Waals surface area contributed by atoms with Crippen molar-refractivity contribution in [2.45, 2.75) is 58.9 Å². The maximum absolute atomic E-state index is 12.6. The molecule has 1 amide bonds. The second-order valence-corrected chi connectivity index (χ2v) is 7.74. The van der Waals surface area contributed by atoms with Crippen molar-refractivity contribution in [3.63, 3.8) is 0 Å². The number of amides is 1. The molecule has 2 unspecified atom stereocenters. The molecule has 1 aromatic rings. The molecule has 138 valence electrons. The Labute approximate surface area is 150 Å². The van der Waals surface area contributed by atoms with E-state index in [1.54, 1.807) is 0 Å². The van der Waals surface area contributed by atoms with E-state index in [1.807, 2.05) is 63.8 Å². The van der Waals surface area contributed by atoms with Crippen molar-refractivity contribution in [1.29, 1.82) is 0 Å². The van der Waals surface area contributed by atoms with E-state index in [2.05, 4.69) is 10.3 Å². The highest BCUT2D eigenvalue weighted by Crippen LogP contribution is 2.15. The molecule has 0 aliphatic carbocycles. The van der Waals surface area contributed by atoms with E-state index in [4.69, 9.17) is 10.5 Å². The summed E-state index contributed by atoms with van der Waals surface area (Å²) in [4.78, 5) is 18.8. The normalized spacial score (nSPS) is 22.0. The number of nitrogens with two attached hydrogens (primary N) is 1. The predicted octanol–water partition coefficient (Wildman–Crippen LogP) is 2.14. The van der Waals surface area contributed by atoms with Crippen LogP contribution in [0.3, 0.4) is 0 Å². The number of benzene rings is 1. The third-order valence-corrected chi connectivity index (χ3v) is 3.84. The fourth-order valence-electron chi connectivity index (χ4n) is 2.88. The minimum atomic E-state index is -0.115. The van der Waals surface area contributed by atoms with Crippen LogP contribution in [-0.4, -0.2) is 47.6 Å². The molecule has 25 heavy (non-hydrogen) atoms. The third kappa shape index (κ3) is 6.05. The third-order valence-electron chi connectivity index (χ3n) is 3.84. The molecule has 6 nitrogen and oxygen atoms in total. The van der Waals surface area contributed by atoms with Crippen LogP contribution in [0.25, 0.3) is 0 Å². The first-order valence-electron chi connectivity index (χ1n) is 8.76. The molecular weight excluding hydrogens is 316 g/mol. The second-order valence-electron chi connectivity index (χ2n) is 7.74. The maximum atomic E-state index is 12.6. The summed E-state index contributed by atoms with van der Waals surface area (Å²) >= 11 is 0. The molecule has 1 aromatic carbocycles. The van der Waals surface area contributed by atoms with Crippen LogP contribution in [0.2, 0.25) is 0 Å². The van der Waals surface area contributed by atoms with Gasteiger partial charge in [0.05, 0.1) is 18.8 Å². The van der Waals surface area contributed by atoms with Gasteiger partial charge in [-0.15, -0.1) is 0 Å². The molecule has 0 aromatic heterocycles. The lowest BCUT2D eigenvalue weighted by atomic mass is 10.1. The SMILES string of the molecule is CC1CN(C(=O)c2ccc(CN=C(N)NC(C)(C)C)cc2)CC(C)O1. The fraction of sp³-hybridized carbons (Fsp3) is 0.579. The molecule has 1 fully saturated rings. The maximum Gasteiger partial charge on any atom is 0.254 e. The summed E-state index contributed by atoms with van der Waals surface area (Å²) in [5.41, 5.74) is 7.46. The molecule has 2 rings (SSSR count). The molecule has 3 N–H and O–H groups in total. The number of carbonyl (C=O) groups is 1. The van der Waals surface area contributed by atoms with Crippen molar-refractivity contribution in [1.82, 2.24) is 10.2 Å². The van der Waals surface area contributed by atoms with Crippen molar-refractivity contribution in [2.75, 3.05) is 13.1 Å². The Kier molecular flexibility index (Phi) is 6.06. The van der Waals surface area contributed by atoms with Crippen LogP contribution in [0, 0.1) is 0 Å². The van der Waals surface area contributed by atoms with Crippen LogP contribution in [0.5, 0.6) is 0 Å². The summed E-state index contributed by atoms with van der Waals surface area (Å²) in [6.45, 7) is 11.8. The first kappa shape index (κ1) is 19.2. The number of hydrogen-bond donors (Lipinski definition) is 2. The van der Waals surface area contributed by atoms with Crippen molar-refractivity contribution in [3.8, 4) is 0 Å². The van der Waals surface area contributed by atoms with Crippen LogP contribution in [-0.2, 0) is 11.3 Å². The highest BCUT2D eigenvalue weighted by molar-refractivity contribution is 5.94. The van der Waals surface area contributed by atoms with Gasteiger partial charge in [0.25, 0.3) is 5.91 Å². The number of rotatable bonds is 3. The minimum absolute atomic E-state index is 0.0472. The molecule has 1 aliphatic heterocycles. The number of ether oxygens (including phenoxy) is 1. The molecule has 0 radical (unpaired) electrons. The van der Waals surface area contributed by atoms with Crippen molar-refractivity contribution >= 4 is 11.9 Å². The molecule has 0 spiro atoms. The molecular formula is C19H30N4O2. The lowest BCUT2D eigenvalue weighted by Crippen LogP contribution is -2.48. The lowest BCUT2D eigenvalue weighted by Gasteiger charge is -2.35. The van der Waals surface area contributed by atoms with Crippen molar-refractivity contribution < 1.29 is 9.53 Å². The standard InChI is InChI=1S/C19H30N4O2/c1-13-11-23(12-14(2)25-13)17(24)16-8-6-15(7-9-16)10-21-18(20)22-19(3,4)5/h6-9,13-14H,10-12H2,1-5H3,(H3,20,21,22). The summed E-state index contributed by atoms with van der Waals surface area (Å²) in [6.07, 6.45) is 0.138. The Morgan fingerprint density at radius 1 is 1.24 bits per heavy atom. The van der Waals surface area contributed by atoms with Gasteiger partial charge in [-0.05, 0) is 52.3 Å². The van der Waals surface area contributed by atoms with Gasteiger partial charge >= 0.3 is 0 Å². The molecule has 1 saturated heterocycles. The quantitative estimate of drug-likeness (QED) is 0.649. The van der Waals surface area contributed by atoms with Crippen LogP contribution >= 0.6 is 0 Å². The van der Waals surface area contributed by atoms with Gasteiger partial charge in [0.1, 0.15) is 0 Å². The van der Waals surface area contributed by atoms with E-state index in [0.29, 0.717) is 31.2 Å². The average molecular weight is 346 g/mol. The van der Waals surface area contributed by atoms with Gasteiger partial charge in [-0.1, -0.05) is 12.1 Å². The van der Waals surface area contributed by atoms with Crippen LogP contribution in [0.1, 0.15) is 50.5 Å². The highest BCUT2D eigenvalue weighted by atomic mass is 16.5. The lowest BCUT2D eigenvalue weighted by molar-refractivity contribution is -0.0586. The summed E-state index contributed by atoms with van der Waals surface area (Å²) in [6, 6.07) is 7.56. The first-order chi connectivity index (χ1) is 11.6. The number of nitrogens with zero attached hydrogens (tertiary/aromatic N) is 2. The number of guanidine groups is 1. The van der Waals surface area contributed by atoms with E-state index >= 15 is 0 Å². The van der Waals surface area contributed by atoms with Gasteiger partial charge in [-0.3, -0.25) is 4.79 Å². The van der Waals surface area contributed by atoms with Gasteiger partial charge in [0.15, 0.2) is 5.96 Å². The number of hydrogen-bond acceptors (Lipinski definition) is 3. The first-order valence-corrected chi connectivity index (χ1v) is 8.76. The average Bonchev–Trinajstić information content (AvgIpc) is 2.50. The van der Waals surface area contributed by atoms with Crippen LogP contribution in [0.4, 0.5) is 0 Å². The summed E-state index contributed by atoms with van der Waals surface area (Å²) in [5, 5.41) is 3.13. The Balaban J connectivity index is 1.97. The smallest absolute Gasteiger partial charge is 0.254 e. The summed E-state index contributed by atoms with van der Waals surface area (Å²) in [5.74, 6) is 0.468. The Morgan fingerprint density at radius 3 is 2.32 bits per heavy atom. The number of carbonyl (C=O) groups excluding carboxylic acids is 1. The second kappa shape index (κ2) is 7.87. The monoisotopic (exact) mass is 346 g/mol. The fourth-order valence-corrected chi connectivity index (χ4v) is 2.88.